The molecule has 0 saturated carbocycles. The molecule has 0 heterocycles. The smallest absolute Gasteiger partial charge is 0.188 e. The summed E-state index contributed by atoms with van der Waals surface area (Å²) in [5.41, 5.74) is 6.89. The molecular weight excluding hydrogens is 357 g/mol. The summed E-state index contributed by atoms with van der Waals surface area (Å²) in [4.78, 5) is 4.11. The number of guanidine groups is 1. The Morgan fingerprint density at radius 3 is 2.84 bits per heavy atom. The van der Waals surface area contributed by atoms with Crippen LogP contribution in [0.2, 0.25) is 0 Å². The summed E-state index contributed by atoms with van der Waals surface area (Å²) < 4.78 is 10.1. The number of aliphatic imine (C=N–C) groups is 1. The van der Waals surface area contributed by atoms with Crippen LogP contribution in [-0.4, -0.2) is 39.9 Å². The average Bonchev–Trinajstić information content (AvgIpc) is 2.39. The average molecular weight is 379 g/mol. The van der Waals surface area contributed by atoms with Gasteiger partial charge in [-0.3, -0.25) is 4.99 Å². The molecule has 0 fully saturated rings. The molecule has 0 radical (unpaired) electrons. The van der Waals surface area contributed by atoms with Crippen LogP contribution in [0.3, 0.4) is 0 Å². The zero-order valence-electron chi connectivity index (χ0n) is 11.4. The number of methoxy groups -OCH3 is 2. The summed E-state index contributed by atoms with van der Waals surface area (Å²) in [5, 5.41) is 3.06. The molecule has 5 nitrogen and oxygen atoms in total. The summed E-state index contributed by atoms with van der Waals surface area (Å²) >= 11 is 0. The number of nitrogens with zero attached hydrogens (tertiary/aromatic N) is 1. The molecule has 0 amide bonds. The normalized spacial score (nSPS) is 10.7. The molecule has 1 aromatic carbocycles. The van der Waals surface area contributed by atoms with Gasteiger partial charge in [0.2, 0.25) is 0 Å². The van der Waals surface area contributed by atoms with E-state index in [1.165, 1.54) is 5.56 Å². The van der Waals surface area contributed by atoms with E-state index in [-0.39, 0.29) is 24.0 Å². The molecule has 0 aliphatic heterocycles. The van der Waals surface area contributed by atoms with Gasteiger partial charge in [-0.2, -0.15) is 0 Å². The van der Waals surface area contributed by atoms with Crippen molar-refractivity contribution in [3.63, 3.8) is 0 Å². The predicted octanol–water partition coefficient (Wildman–Crippen LogP) is 1.41. The van der Waals surface area contributed by atoms with Gasteiger partial charge in [-0.05, 0) is 24.1 Å². The van der Waals surface area contributed by atoms with E-state index >= 15 is 0 Å². The quantitative estimate of drug-likeness (QED) is 0.325. The van der Waals surface area contributed by atoms with Crippen molar-refractivity contribution in [1.82, 2.24) is 5.32 Å². The summed E-state index contributed by atoms with van der Waals surface area (Å²) in [6.07, 6.45) is 0.873. The lowest BCUT2D eigenvalue weighted by molar-refractivity contribution is 0.208. The number of hydrogen-bond acceptors (Lipinski definition) is 3. The fourth-order valence-electron chi connectivity index (χ4n) is 1.48. The number of nitrogens with two attached hydrogens (primary N) is 1. The Kier molecular flexibility index (Phi) is 10.3. The van der Waals surface area contributed by atoms with Crippen molar-refractivity contribution in [2.45, 2.75) is 6.42 Å². The Bertz CT molecular complexity index is 386. The van der Waals surface area contributed by atoms with Gasteiger partial charge in [0.15, 0.2) is 5.96 Å². The molecule has 108 valence electrons. The van der Waals surface area contributed by atoms with Gasteiger partial charge in [-0.1, -0.05) is 12.1 Å². The van der Waals surface area contributed by atoms with E-state index in [1.54, 1.807) is 14.2 Å². The third-order valence-electron chi connectivity index (χ3n) is 2.43. The predicted molar refractivity (Wildman–Crippen MR) is 88.5 cm³/mol. The van der Waals surface area contributed by atoms with Crippen molar-refractivity contribution >= 4 is 29.9 Å². The van der Waals surface area contributed by atoms with Crippen molar-refractivity contribution < 1.29 is 9.47 Å². The molecule has 0 saturated heterocycles. The minimum atomic E-state index is 0. The van der Waals surface area contributed by atoms with Crippen LogP contribution in [0.4, 0.5) is 0 Å². The van der Waals surface area contributed by atoms with Gasteiger partial charge in [0.05, 0.1) is 20.3 Å². The van der Waals surface area contributed by atoms with Crippen LogP contribution in [0.25, 0.3) is 0 Å². The number of halogens is 1. The van der Waals surface area contributed by atoms with Crippen LogP contribution in [0.5, 0.6) is 5.75 Å². The number of nitrogens with one attached hydrogen (secondary N) is 1. The molecule has 6 heteroatoms. The van der Waals surface area contributed by atoms with Crippen molar-refractivity contribution in [3.05, 3.63) is 29.8 Å². The Hall–Kier alpha value is -1.02. The van der Waals surface area contributed by atoms with E-state index < -0.39 is 0 Å². The van der Waals surface area contributed by atoms with Crippen LogP contribution in [-0.2, 0) is 11.2 Å². The van der Waals surface area contributed by atoms with E-state index in [9.17, 15) is 0 Å². The maximum Gasteiger partial charge on any atom is 0.188 e. The number of hydrogen-bond donors (Lipinski definition) is 2. The zero-order valence-corrected chi connectivity index (χ0v) is 13.7. The third-order valence-corrected chi connectivity index (χ3v) is 2.43. The Labute approximate surface area is 131 Å². The highest BCUT2D eigenvalue weighted by Gasteiger charge is 1.96. The van der Waals surface area contributed by atoms with Crippen LogP contribution >= 0.6 is 24.0 Å². The minimum Gasteiger partial charge on any atom is -0.497 e. The fourth-order valence-corrected chi connectivity index (χ4v) is 1.48. The van der Waals surface area contributed by atoms with Gasteiger partial charge in [0.1, 0.15) is 5.75 Å². The zero-order chi connectivity index (χ0) is 13.2. The minimum absolute atomic E-state index is 0. The van der Waals surface area contributed by atoms with Crippen molar-refractivity contribution in [2.75, 3.05) is 33.9 Å². The first-order valence-corrected chi connectivity index (χ1v) is 5.92. The highest BCUT2D eigenvalue weighted by molar-refractivity contribution is 14.0. The van der Waals surface area contributed by atoms with Gasteiger partial charge in [0.25, 0.3) is 0 Å². The second-order valence-electron chi connectivity index (χ2n) is 3.79. The van der Waals surface area contributed by atoms with Gasteiger partial charge in [0, 0.05) is 13.7 Å². The van der Waals surface area contributed by atoms with Gasteiger partial charge >= 0.3 is 0 Å². The highest BCUT2D eigenvalue weighted by atomic mass is 127. The molecule has 0 aromatic heterocycles. The summed E-state index contributed by atoms with van der Waals surface area (Å²) in [5.74, 6) is 1.32. The second-order valence-corrected chi connectivity index (χ2v) is 3.79. The third kappa shape index (κ3) is 7.89. The summed E-state index contributed by atoms with van der Waals surface area (Å²) in [6.45, 7) is 1.91. The number of benzene rings is 1. The van der Waals surface area contributed by atoms with E-state index in [2.05, 4.69) is 16.4 Å². The molecule has 0 aliphatic rings. The van der Waals surface area contributed by atoms with E-state index in [0.717, 1.165) is 18.7 Å². The maximum atomic E-state index is 5.69. The first-order chi connectivity index (χ1) is 8.76. The fraction of sp³-hybridized carbons (Fsp3) is 0.462. The summed E-state index contributed by atoms with van der Waals surface area (Å²) in [7, 11) is 3.31. The second kappa shape index (κ2) is 10.9. The van der Waals surface area contributed by atoms with Crippen LogP contribution < -0.4 is 15.8 Å². The standard InChI is InChI=1S/C13H21N3O2.HI/c1-17-9-8-16-13(14)15-7-6-11-4-3-5-12(10-11)18-2;/h3-5,10H,6-9H2,1-2H3,(H3,14,15,16);1H. The van der Waals surface area contributed by atoms with Gasteiger partial charge in [-0.15, -0.1) is 24.0 Å². The first-order valence-electron chi connectivity index (χ1n) is 5.92. The molecule has 1 aromatic rings. The van der Waals surface area contributed by atoms with Gasteiger partial charge < -0.3 is 20.5 Å². The molecular formula is C13H22IN3O2. The number of ether oxygens (including phenoxy) is 2. The molecule has 0 spiro atoms. The van der Waals surface area contributed by atoms with Crippen molar-refractivity contribution in [3.8, 4) is 5.75 Å². The summed E-state index contributed by atoms with van der Waals surface area (Å²) in [6, 6.07) is 7.98. The highest BCUT2D eigenvalue weighted by Crippen LogP contribution is 2.12. The van der Waals surface area contributed by atoms with Crippen molar-refractivity contribution in [1.29, 1.82) is 0 Å². The Balaban J connectivity index is 0.00000324. The van der Waals surface area contributed by atoms with E-state index in [0.29, 0.717) is 19.1 Å². The molecule has 0 bridgehead atoms. The Morgan fingerprint density at radius 2 is 2.16 bits per heavy atom. The van der Waals surface area contributed by atoms with Crippen LogP contribution in [0.1, 0.15) is 5.56 Å². The van der Waals surface area contributed by atoms with Crippen LogP contribution in [0.15, 0.2) is 29.3 Å². The maximum absolute atomic E-state index is 5.69. The SMILES string of the molecule is COCCN=C(N)NCCc1cccc(OC)c1.I. The van der Waals surface area contributed by atoms with Crippen LogP contribution in [0, 0.1) is 0 Å². The lowest BCUT2D eigenvalue weighted by Crippen LogP contribution is -2.33. The molecule has 0 unspecified atom stereocenters. The van der Waals surface area contributed by atoms with Gasteiger partial charge in [-0.25, -0.2) is 0 Å². The monoisotopic (exact) mass is 379 g/mol. The molecule has 3 N–H and O–H groups in total. The lowest BCUT2D eigenvalue weighted by Gasteiger charge is -2.07. The first kappa shape index (κ1) is 18.0. The molecule has 0 atom stereocenters. The largest absolute Gasteiger partial charge is 0.497 e. The molecule has 1 rings (SSSR count). The molecule has 19 heavy (non-hydrogen) atoms. The van der Waals surface area contributed by atoms with E-state index in [1.807, 2.05) is 18.2 Å². The molecule has 0 aliphatic carbocycles. The topological polar surface area (TPSA) is 68.9 Å². The lowest BCUT2D eigenvalue weighted by atomic mass is 10.1. The van der Waals surface area contributed by atoms with E-state index in [4.69, 9.17) is 15.2 Å². The Morgan fingerprint density at radius 1 is 1.37 bits per heavy atom. The number of rotatable bonds is 7. The van der Waals surface area contributed by atoms with Crippen molar-refractivity contribution in [2.24, 2.45) is 10.7 Å².